The lowest BCUT2D eigenvalue weighted by atomic mass is 10.1. The number of urea groups is 1. The van der Waals surface area contributed by atoms with E-state index in [0.717, 1.165) is 17.7 Å². The SMILES string of the molecule is CC(NC(=O)NCCc1ccnn1C)c1ccc(Cl)c(Cl)c1. The van der Waals surface area contributed by atoms with Crippen LogP contribution >= 0.6 is 23.2 Å². The number of nitrogens with one attached hydrogen (secondary N) is 2. The Hall–Kier alpha value is -1.72. The fourth-order valence-corrected chi connectivity index (χ4v) is 2.37. The van der Waals surface area contributed by atoms with Crippen LogP contribution in [0.3, 0.4) is 0 Å². The number of hydrogen-bond donors (Lipinski definition) is 2. The van der Waals surface area contributed by atoms with Gasteiger partial charge in [0.05, 0.1) is 16.1 Å². The minimum atomic E-state index is -0.222. The number of benzene rings is 1. The maximum Gasteiger partial charge on any atom is 0.315 e. The monoisotopic (exact) mass is 340 g/mol. The molecule has 0 saturated heterocycles. The molecule has 0 spiro atoms. The molecule has 2 amide bonds. The number of hydrogen-bond acceptors (Lipinski definition) is 2. The second kappa shape index (κ2) is 7.51. The van der Waals surface area contributed by atoms with Gasteiger partial charge in [-0.05, 0) is 30.7 Å². The third-order valence-electron chi connectivity index (χ3n) is 3.38. The summed E-state index contributed by atoms with van der Waals surface area (Å²) in [4.78, 5) is 11.9. The lowest BCUT2D eigenvalue weighted by Crippen LogP contribution is -2.38. The zero-order valence-electron chi connectivity index (χ0n) is 12.4. The van der Waals surface area contributed by atoms with Crippen LogP contribution < -0.4 is 10.6 Å². The maximum absolute atomic E-state index is 11.9. The van der Waals surface area contributed by atoms with Crippen LogP contribution in [0.2, 0.25) is 10.0 Å². The topological polar surface area (TPSA) is 59.0 Å². The zero-order valence-corrected chi connectivity index (χ0v) is 13.9. The Labute approximate surface area is 139 Å². The Bertz CT molecular complexity index is 657. The van der Waals surface area contributed by atoms with Gasteiger partial charge in [0.1, 0.15) is 0 Å². The van der Waals surface area contributed by atoms with Crippen LogP contribution in [0.15, 0.2) is 30.5 Å². The van der Waals surface area contributed by atoms with Crippen molar-refractivity contribution in [2.24, 2.45) is 7.05 Å². The van der Waals surface area contributed by atoms with Gasteiger partial charge in [-0.3, -0.25) is 4.68 Å². The van der Waals surface area contributed by atoms with Crippen molar-refractivity contribution in [2.45, 2.75) is 19.4 Å². The standard InChI is InChI=1S/C15H18Cl2N4O/c1-10(11-3-4-13(16)14(17)9-11)20-15(22)18-7-5-12-6-8-19-21(12)2/h3-4,6,8-10H,5,7H2,1-2H3,(H2,18,20,22). The minimum absolute atomic E-state index is 0.161. The molecule has 22 heavy (non-hydrogen) atoms. The average Bonchev–Trinajstić information content (AvgIpc) is 2.87. The zero-order chi connectivity index (χ0) is 16.1. The molecule has 0 saturated carbocycles. The highest BCUT2D eigenvalue weighted by Crippen LogP contribution is 2.25. The van der Waals surface area contributed by atoms with Crippen molar-refractivity contribution in [2.75, 3.05) is 6.54 Å². The summed E-state index contributed by atoms with van der Waals surface area (Å²) >= 11 is 11.9. The van der Waals surface area contributed by atoms with E-state index in [4.69, 9.17) is 23.2 Å². The van der Waals surface area contributed by atoms with E-state index < -0.39 is 0 Å². The Morgan fingerprint density at radius 2 is 2.09 bits per heavy atom. The molecule has 5 nitrogen and oxygen atoms in total. The maximum atomic E-state index is 11.9. The van der Waals surface area contributed by atoms with E-state index in [1.165, 1.54) is 0 Å². The predicted octanol–water partition coefficient (Wildman–Crippen LogP) is 3.33. The van der Waals surface area contributed by atoms with Gasteiger partial charge in [0.25, 0.3) is 0 Å². The molecule has 2 aromatic rings. The van der Waals surface area contributed by atoms with E-state index in [-0.39, 0.29) is 12.1 Å². The summed E-state index contributed by atoms with van der Waals surface area (Å²) in [5, 5.41) is 10.7. The van der Waals surface area contributed by atoms with Gasteiger partial charge in [-0.25, -0.2) is 4.79 Å². The van der Waals surface area contributed by atoms with Crippen molar-refractivity contribution >= 4 is 29.2 Å². The molecule has 2 N–H and O–H groups in total. The van der Waals surface area contributed by atoms with Crippen LogP contribution in [0, 0.1) is 0 Å². The van der Waals surface area contributed by atoms with E-state index in [2.05, 4.69) is 15.7 Å². The fourth-order valence-electron chi connectivity index (χ4n) is 2.06. The van der Waals surface area contributed by atoms with Crippen molar-refractivity contribution in [1.82, 2.24) is 20.4 Å². The van der Waals surface area contributed by atoms with Crippen molar-refractivity contribution in [3.63, 3.8) is 0 Å². The third-order valence-corrected chi connectivity index (χ3v) is 4.12. The number of halogens is 2. The van der Waals surface area contributed by atoms with Crippen LogP contribution in [-0.4, -0.2) is 22.4 Å². The van der Waals surface area contributed by atoms with Gasteiger partial charge in [-0.1, -0.05) is 29.3 Å². The molecule has 1 aromatic heterocycles. The molecular weight excluding hydrogens is 323 g/mol. The summed E-state index contributed by atoms with van der Waals surface area (Å²) in [6.07, 6.45) is 2.47. The van der Waals surface area contributed by atoms with Crippen molar-refractivity contribution in [3.8, 4) is 0 Å². The van der Waals surface area contributed by atoms with Crippen LogP contribution in [0.1, 0.15) is 24.2 Å². The van der Waals surface area contributed by atoms with Gasteiger partial charge in [-0.2, -0.15) is 5.10 Å². The van der Waals surface area contributed by atoms with Crippen molar-refractivity contribution < 1.29 is 4.79 Å². The van der Waals surface area contributed by atoms with Crippen molar-refractivity contribution in [1.29, 1.82) is 0 Å². The van der Waals surface area contributed by atoms with E-state index in [9.17, 15) is 4.79 Å². The number of carbonyl (C=O) groups excluding carboxylic acids is 1. The van der Waals surface area contributed by atoms with E-state index >= 15 is 0 Å². The molecule has 1 atom stereocenters. The molecule has 0 aliphatic rings. The highest BCUT2D eigenvalue weighted by atomic mass is 35.5. The summed E-state index contributed by atoms with van der Waals surface area (Å²) in [5.41, 5.74) is 1.97. The first-order valence-electron chi connectivity index (χ1n) is 6.93. The smallest absolute Gasteiger partial charge is 0.315 e. The predicted molar refractivity (Wildman–Crippen MR) is 88.3 cm³/mol. The summed E-state index contributed by atoms with van der Waals surface area (Å²) in [7, 11) is 1.88. The molecule has 118 valence electrons. The normalized spacial score (nSPS) is 12.0. The molecule has 0 aliphatic heterocycles. The first kappa shape index (κ1) is 16.6. The highest BCUT2D eigenvalue weighted by Gasteiger charge is 2.10. The first-order valence-corrected chi connectivity index (χ1v) is 7.69. The van der Waals surface area contributed by atoms with Gasteiger partial charge >= 0.3 is 6.03 Å². The Morgan fingerprint density at radius 3 is 2.73 bits per heavy atom. The number of aryl methyl sites for hydroxylation is 1. The lowest BCUT2D eigenvalue weighted by Gasteiger charge is -2.15. The molecule has 0 radical (unpaired) electrons. The van der Waals surface area contributed by atoms with Crippen LogP contribution in [0.5, 0.6) is 0 Å². The molecule has 1 unspecified atom stereocenters. The average molecular weight is 341 g/mol. The molecule has 1 heterocycles. The summed E-state index contributed by atoms with van der Waals surface area (Å²) in [6, 6.07) is 6.86. The van der Waals surface area contributed by atoms with Gasteiger partial charge in [-0.15, -0.1) is 0 Å². The summed E-state index contributed by atoms with van der Waals surface area (Å²) in [6.45, 7) is 2.43. The van der Waals surface area contributed by atoms with Crippen LogP contribution in [0.25, 0.3) is 0 Å². The van der Waals surface area contributed by atoms with Gasteiger partial charge in [0.2, 0.25) is 0 Å². The van der Waals surface area contributed by atoms with Crippen molar-refractivity contribution in [3.05, 3.63) is 51.8 Å². The quantitative estimate of drug-likeness (QED) is 0.876. The second-order valence-corrected chi connectivity index (χ2v) is 5.81. The Kier molecular flexibility index (Phi) is 5.69. The molecule has 1 aromatic carbocycles. The van der Waals surface area contributed by atoms with Gasteiger partial charge < -0.3 is 10.6 Å². The lowest BCUT2D eigenvalue weighted by molar-refractivity contribution is 0.238. The second-order valence-electron chi connectivity index (χ2n) is 4.99. The Balaban J connectivity index is 1.81. The molecule has 0 fully saturated rings. The first-order chi connectivity index (χ1) is 10.5. The number of nitrogens with zero attached hydrogens (tertiary/aromatic N) is 2. The van der Waals surface area contributed by atoms with Gasteiger partial charge in [0.15, 0.2) is 0 Å². The highest BCUT2D eigenvalue weighted by molar-refractivity contribution is 6.42. The summed E-state index contributed by atoms with van der Waals surface area (Å²) in [5.74, 6) is 0. The molecule has 0 aliphatic carbocycles. The molecule has 7 heteroatoms. The number of rotatable bonds is 5. The Morgan fingerprint density at radius 1 is 1.32 bits per heavy atom. The fraction of sp³-hybridized carbons (Fsp3) is 0.333. The minimum Gasteiger partial charge on any atom is -0.338 e. The van der Waals surface area contributed by atoms with E-state index in [1.807, 2.05) is 26.1 Å². The third kappa shape index (κ3) is 4.39. The van der Waals surface area contributed by atoms with Crippen LogP contribution in [-0.2, 0) is 13.5 Å². The molecule has 0 bridgehead atoms. The molecule has 2 rings (SSSR count). The largest absolute Gasteiger partial charge is 0.338 e. The molecular formula is C15H18Cl2N4O. The van der Waals surface area contributed by atoms with E-state index in [0.29, 0.717) is 16.6 Å². The van der Waals surface area contributed by atoms with E-state index in [1.54, 1.807) is 23.0 Å². The summed E-state index contributed by atoms with van der Waals surface area (Å²) < 4.78 is 1.79. The van der Waals surface area contributed by atoms with Crippen LogP contribution in [0.4, 0.5) is 4.79 Å². The number of amides is 2. The van der Waals surface area contributed by atoms with Gasteiger partial charge in [0, 0.05) is 31.9 Å². The number of aromatic nitrogens is 2. The number of carbonyl (C=O) groups is 1.